The third-order valence-electron chi connectivity index (χ3n) is 2.26. The summed E-state index contributed by atoms with van der Waals surface area (Å²) in [6.45, 7) is 0.528. The first kappa shape index (κ1) is 14.6. The maximum atomic E-state index is 12.9. The highest BCUT2D eigenvalue weighted by molar-refractivity contribution is 5.79. The molecule has 0 spiro atoms. The van der Waals surface area contributed by atoms with Crippen LogP contribution < -0.4 is 10.6 Å². The number of amides is 2. The van der Waals surface area contributed by atoms with Crippen molar-refractivity contribution in [1.29, 1.82) is 5.26 Å². The molecule has 100 valence electrons. The van der Waals surface area contributed by atoms with E-state index in [0.717, 1.165) is 0 Å². The molecule has 19 heavy (non-hydrogen) atoms. The molecule has 0 saturated heterocycles. The van der Waals surface area contributed by atoms with Gasteiger partial charge in [-0.25, -0.2) is 4.39 Å². The minimum Gasteiger partial charge on any atom is -0.354 e. The largest absolute Gasteiger partial charge is 0.354 e. The molecule has 1 rings (SSSR count). The van der Waals surface area contributed by atoms with Crippen molar-refractivity contribution in [2.75, 3.05) is 13.1 Å². The van der Waals surface area contributed by atoms with E-state index in [0.29, 0.717) is 5.56 Å². The van der Waals surface area contributed by atoms with Crippen LogP contribution in [-0.4, -0.2) is 24.9 Å². The number of benzene rings is 1. The Morgan fingerprint density at radius 2 is 1.89 bits per heavy atom. The Morgan fingerprint density at radius 1 is 1.21 bits per heavy atom. The monoisotopic (exact) mass is 263 g/mol. The molecule has 0 aliphatic carbocycles. The van der Waals surface area contributed by atoms with E-state index in [1.165, 1.54) is 12.1 Å². The number of nitriles is 1. The van der Waals surface area contributed by atoms with Crippen molar-refractivity contribution >= 4 is 11.8 Å². The van der Waals surface area contributed by atoms with Crippen LogP contribution in [-0.2, 0) is 16.0 Å². The summed E-state index contributed by atoms with van der Waals surface area (Å²) < 4.78 is 12.9. The van der Waals surface area contributed by atoms with Crippen LogP contribution in [0.4, 0.5) is 4.39 Å². The molecule has 0 aromatic heterocycles. The van der Waals surface area contributed by atoms with Crippen molar-refractivity contribution in [2.45, 2.75) is 12.8 Å². The summed E-state index contributed by atoms with van der Waals surface area (Å²) in [7, 11) is 0. The van der Waals surface area contributed by atoms with Gasteiger partial charge >= 0.3 is 0 Å². The summed E-state index contributed by atoms with van der Waals surface area (Å²) in [6.07, 6.45) is -0.110. The fourth-order valence-corrected chi connectivity index (χ4v) is 1.43. The van der Waals surface area contributed by atoms with Crippen molar-refractivity contribution in [2.24, 2.45) is 0 Å². The lowest BCUT2D eigenvalue weighted by Gasteiger charge is -2.06. The van der Waals surface area contributed by atoms with Gasteiger partial charge in [0.05, 0.1) is 12.5 Å². The Bertz CT molecular complexity index is 497. The molecule has 1 aromatic carbocycles. The molecule has 2 N–H and O–H groups in total. The van der Waals surface area contributed by atoms with Crippen LogP contribution in [0.3, 0.4) is 0 Å². The molecule has 1 aromatic rings. The summed E-state index contributed by atoms with van der Waals surface area (Å²) in [5, 5.41) is 13.3. The SMILES string of the molecule is N#CCC(=O)NCCNC(=O)Cc1cccc(F)c1. The maximum absolute atomic E-state index is 12.9. The quantitative estimate of drug-likeness (QED) is 0.734. The van der Waals surface area contributed by atoms with E-state index in [2.05, 4.69) is 10.6 Å². The molecule has 2 amide bonds. The number of rotatable bonds is 6. The number of nitrogens with one attached hydrogen (secondary N) is 2. The van der Waals surface area contributed by atoms with E-state index < -0.39 is 0 Å². The van der Waals surface area contributed by atoms with Gasteiger partial charge in [0.1, 0.15) is 12.2 Å². The van der Waals surface area contributed by atoms with Gasteiger partial charge in [-0.1, -0.05) is 12.1 Å². The van der Waals surface area contributed by atoms with Crippen LogP contribution in [0.5, 0.6) is 0 Å². The highest BCUT2D eigenvalue weighted by atomic mass is 19.1. The maximum Gasteiger partial charge on any atom is 0.234 e. The van der Waals surface area contributed by atoms with Gasteiger partial charge in [0.25, 0.3) is 0 Å². The third-order valence-corrected chi connectivity index (χ3v) is 2.26. The lowest BCUT2D eigenvalue weighted by Crippen LogP contribution is -2.35. The second-order valence-corrected chi connectivity index (χ2v) is 3.84. The third kappa shape index (κ3) is 6.17. The first-order chi connectivity index (χ1) is 9.11. The van der Waals surface area contributed by atoms with E-state index in [-0.39, 0.29) is 43.6 Å². The number of hydrogen-bond acceptors (Lipinski definition) is 3. The molecular weight excluding hydrogens is 249 g/mol. The Labute approximate surface area is 110 Å². The summed E-state index contributed by atoms with van der Waals surface area (Å²) in [5.74, 6) is -1.00. The Hall–Kier alpha value is -2.42. The number of nitrogens with zero attached hydrogens (tertiary/aromatic N) is 1. The topological polar surface area (TPSA) is 82.0 Å². The standard InChI is InChI=1S/C13H14FN3O2/c14-11-3-1-2-10(8-11)9-13(19)17-7-6-16-12(18)4-5-15/h1-3,8H,4,6-7,9H2,(H,16,18)(H,17,19). The number of hydrogen-bond donors (Lipinski definition) is 2. The molecule has 0 aliphatic rings. The molecule has 5 nitrogen and oxygen atoms in total. The lowest BCUT2D eigenvalue weighted by atomic mass is 10.1. The second kappa shape index (κ2) is 7.82. The molecule has 0 bridgehead atoms. The molecule has 0 unspecified atom stereocenters. The van der Waals surface area contributed by atoms with Crippen LogP contribution >= 0.6 is 0 Å². The van der Waals surface area contributed by atoms with Gasteiger partial charge in [0.2, 0.25) is 11.8 Å². The lowest BCUT2D eigenvalue weighted by molar-refractivity contribution is -0.122. The van der Waals surface area contributed by atoms with E-state index >= 15 is 0 Å². The number of carbonyl (C=O) groups is 2. The van der Waals surface area contributed by atoms with Crippen LogP contribution in [0.25, 0.3) is 0 Å². The predicted molar refractivity (Wildman–Crippen MR) is 66.4 cm³/mol. The molecule has 0 atom stereocenters. The van der Waals surface area contributed by atoms with Gasteiger partial charge in [-0.05, 0) is 17.7 Å². The van der Waals surface area contributed by atoms with Crippen molar-refractivity contribution in [3.63, 3.8) is 0 Å². The van der Waals surface area contributed by atoms with Gasteiger partial charge in [-0.3, -0.25) is 9.59 Å². The Kier molecular flexibility index (Phi) is 6.03. The van der Waals surface area contributed by atoms with Crippen LogP contribution in [0.2, 0.25) is 0 Å². The molecule has 6 heteroatoms. The fourth-order valence-electron chi connectivity index (χ4n) is 1.43. The Morgan fingerprint density at radius 3 is 2.53 bits per heavy atom. The van der Waals surface area contributed by atoms with Gasteiger partial charge in [0.15, 0.2) is 0 Å². The van der Waals surface area contributed by atoms with Crippen molar-refractivity contribution in [3.05, 3.63) is 35.6 Å². The smallest absolute Gasteiger partial charge is 0.234 e. The summed E-state index contributed by atoms with van der Waals surface area (Å²) in [5.41, 5.74) is 0.589. The van der Waals surface area contributed by atoms with E-state index in [4.69, 9.17) is 5.26 Å². The molecular formula is C13H14FN3O2. The summed E-state index contributed by atoms with van der Waals surface area (Å²) in [6, 6.07) is 7.54. The first-order valence-corrected chi connectivity index (χ1v) is 5.76. The average molecular weight is 263 g/mol. The first-order valence-electron chi connectivity index (χ1n) is 5.76. The second-order valence-electron chi connectivity index (χ2n) is 3.84. The predicted octanol–water partition coefficient (Wildman–Crippen LogP) is 0.514. The summed E-state index contributed by atoms with van der Waals surface area (Å²) in [4.78, 5) is 22.4. The van der Waals surface area contributed by atoms with Crippen LogP contribution in [0.1, 0.15) is 12.0 Å². The Balaban J connectivity index is 2.22. The van der Waals surface area contributed by atoms with Crippen LogP contribution in [0.15, 0.2) is 24.3 Å². The van der Waals surface area contributed by atoms with Gasteiger partial charge in [-0.15, -0.1) is 0 Å². The fraction of sp³-hybridized carbons (Fsp3) is 0.308. The van der Waals surface area contributed by atoms with Crippen molar-refractivity contribution in [3.8, 4) is 6.07 Å². The highest BCUT2D eigenvalue weighted by Gasteiger charge is 2.04. The minimum atomic E-state index is -0.380. The van der Waals surface area contributed by atoms with Gasteiger partial charge in [0, 0.05) is 13.1 Å². The van der Waals surface area contributed by atoms with Gasteiger partial charge in [-0.2, -0.15) is 5.26 Å². The number of halogens is 1. The van der Waals surface area contributed by atoms with Gasteiger partial charge < -0.3 is 10.6 Å². The van der Waals surface area contributed by atoms with Crippen molar-refractivity contribution < 1.29 is 14.0 Å². The highest BCUT2D eigenvalue weighted by Crippen LogP contribution is 2.03. The van der Waals surface area contributed by atoms with E-state index in [1.54, 1.807) is 18.2 Å². The zero-order chi connectivity index (χ0) is 14.1. The van der Waals surface area contributed by atoms with Crippen molar-refractivity contribution in [1.82, 2.24) is 10.6 Å². The molecule has 0 fully saturated rings. The number of carbonyl (C=O) groups excluding carboxylic acids is 2. The zero-order valence-corrected chi connectivity index (χ0v) is 10.3. The van der Waals surface area contributed by atoms with E-state index in [9.17, 15) is 14.0 Å². The molecule has 0 aliphatic heterocycles. The van der Waals surface area contributed by atoms with Crippen LogP contribution in [0, 0.1) is 17.1 Å². The average Bonchev–Trinajstić information content (AvgIpc) is 2.35. The zero-order valence-electron chi connectivity index (χ0n) is 10.3. The molecule has 0 heterocycles. The minimum absolute atomic E-state index is 0.0872. The normalized spacial score (nSPS) is 9.47. The van der Waals surface area contributed by atoms with E-state index in [1.807, 2.05) is 0 Å². The molecule has 0 radical (unpaired) electrons. The summed E-state index contributed by atoms with van der Waals surface area (Å²) >= 11 is 0. The molecule has 0 saturated carbocycles.